The maximum atomic E-state index is 11.8. The summed E-state index contributed by atoms with van der Waals surface area (Å²) >= 11 is 0. The molecular weight excluding hydrogens is 318 g/mol. The number of methoxy groups -OCH3 is 1. The Labute approximate surface area is 140 Å². The maximum Gasteiger partial charge on any atom is 0.243 e. The van der Waals surface area contributed by atoms with Crippen LogP contribution in [-0.4, -0.2) is 30.6 Å². The normalized spacial score (nSPS) is 14.9. The number of oxazole rings is 1. The van der Waals surface area contributed by atoms with E-state index in [1.807, 2.05) is 24.3 Å². The molecule has 0 spiro atoms. The number of nitrogens with one attached hydrogen (secondary N) is 1. The predicted octanol–water partition coefficient (Wildman–Crippen LogP) is 2.55. The maximum absolute atomic E-state index is 11.8. The summed E-state index contributed by atoms with van der Waals surface area (Å²) < 4.78 is 10.6. The molecule has 7 heteroatoms. The molecule has 1 unspecified atom stereocenters. The second-order valence-corrected chi connectivity index (χ2v) is 5.47. The van der Waals surface area contributed by atoms with Crippen LogP contribution < -0.4 is 11.1 Å². The first-order chi connectivity index (χ1) is 10.7. The molecule has 0 bridgehead atoms. The van der Waals surface area contributed by atoms with Gasteiger partial charge in [-0.15, -0.1) is 12.4 Å². The van der Waals surface area contributed by atoms with Gasteiger partial charge in [0.05, 0.1) is 12.8 Å². The number of hydrogen-bond acceptors (Lipinski definition) is 5. The van der Waals surface area contributed by atoms with Crippen LogP contribution >= 0.6 is 12.4 Å². The molecule has 0 saturated heterocycles. The van der Waals surface area contributed by atoms with Crippen LogP contribution in [-0.2, 0) is 9.53 Å². The van der Waals surface area contributed by atoms with Crippen molar-refractivity contribution >= 4 is 24.0 Å². The third-order valence-electron chi connectivity index (χ3n) is 3.57. The molecule has 6 nitrogen and oxygen atoms in total. The Balaban J connectivity index is 0.00000192. The third-order valence-corrected chi connectivity index (χ3v) is 3.57. The van der Waals surface area contributed by atoms with Crippen LogP contribution in [0.1, 0.15) is 24.7 Å². The number of aromatic nitrogens is 1. The molecule has 1 aliphatic rings. The lowest BCUT2D eigenvalue weighted by molar-refractivity contribution is -0.118. The lowest BCUT2D eigenvalue weighted by Crippen LogP contribution is -2.39. The molecule has 1 amide bonds. The van der Waals surface area contributed by atoms with Gasteiger partial charge in [-0.3, -0.25) is 4.79 Å². The van der Waals surface area contributed by atoms with E-state index in [0.717, 1.165) is 30.1 Å². The Morgan fingerprint density at radius 1 is 1.43 bits per heavy atom. The largest absolute Gasteiger partial charge is 0.440 e. The van der Waals surface area contributed by atoms with Crippen molar-refractivity contribution in [2.45, 2.75) is 24.8 Å². The summed E-state index contributed by atoms with van der Waals surface area (Å²) in [4.78, 5) is 16.1. The van der Waals surface area contributed by atoms with Crippen molar-refractivity contribution in [3.63, 3.8) is 0 Å². The quantitative estimate of drug-likeness (QED) is 0.845. The van der Waals surface area contributed by atoms with Gasteiger partial charge in [0.25, 0.3) is 0 Å². The highest BCUT2D eigenvalue weighted by Crippen LogP contribution is 2.40. The van der Waals surface area contributed by atoms with Crippen LogP contribution in [0.25, 0.3) is 11.3 Å². The molecule has 1 atom stereocenters. The summed E-state index contributed by atoms with van der Waals surface area (Å²) in [6.07, 6.45) is 4.06. The highest BCUT2D eigenvalue weighted by atomic mass is 35.5. The van der Waals surface area contributed by atoms with Crippen molar-refractivity contribution in [3.05, 3.63) is 36.4 Å². The van der Waals surface area contributed by atoms with E-state index in [9.17, 15) is 4.79 Å². The molecule has 3 rings (SSSR count). The number of benzene rings is 1. The topological polar surface area (TPSA) is 90.4 Å². The van der Waals surface area contributed by atoms with Crippen molar-refractivity contribution in [2.24, 2.45) is 5.73 Å². The summed E-state index contributed by atoms with van der Waals surface area (Å²) in [7, 11) is 1.51. The molecule has 1 fully saturated rings. The molecule has 3 N–H and O–H groups in total. The Morgan fingerprint density at radius 2 is 2.13 bits per heavy atom. The van der Waals surface area contributed by atoms with E-state index in [4.69, 9.17) is 14.9 Å². The first-order valence-electron chi connectivity index (χ1n) is 7.29. The average molecular weight is 338 g/mol. The van der Waals surface area contributed by atoms with Crippen molar-refractivity contribution in [2.75, 3.05) is 19.0 Å². The van der Waals surface area contributed by atoms with Gasteiger partial charge in [0.2, 0.25) is 5.91 Å². The molecule has 124 valence electrons. The van der Waals surface area contributed by atoms with Gasteiger partial charge in [-0.25, -0.2) is 4.98 Å². The number of carbonyl (C=O) groups excluding carboxylic acids is 1. The zero-order chi connectivity index (χ0) is 15.5. The molecule has 0 aliphatic heterocycles. The molecular formula is C16H20ClN3O3. The van der Waals surface area contributed by atoms with Gasteiger partial charge >= 0.3 is 0 Å². The second kappa shape index (κ2) is 7.59. The Kier molecular flexibility index (Phi) is 5.76. The van der Waals surface area contributed by atoms with E-state index in [2.05, 4.69) is 10.3 Å². The minimum absolute atomic E-state index is 0. The Bertz CT molecular complexity index is 653. The summed E-state index contributed by atoms with van der Waals surface area (Å²) in [5, 5.41) is 2.75. The molecule has 1 heterocycles. The van der Waals surface area contributed by atoms with Gasteiger partial charge in [0, 0.05) is 24.3 Å². The van der Waals surface area contributed by atoms with Crippen molar-refractivity contribution in [1.82, 2.24) is 4.98 Å². The Hall–Kier alpha value is -1.89. The van der Waals surface area contributed by atoms with Crippen LogP contribution in [0.4, 0.5) is 5.69 Å². The van der Waals surface area contributed by atoms with E-state index >= 15 is 0 Å². The lowest BCUT2D eigenvalue weighted by atomic mass is 10.1. The van der Waals surface area contributed by atoms with Crippen molar-refractivity contribution < 1.29 is 13.9 Å². The number of ether oxygens (including phenoxy) is 1. The number of rotatable bonds is 6. The molecule has 0 radical (unpaired) electrons. The number of anilines is 1. The lowest BCUT2D eigenvalue weighted by Gasteiger charge is -2.11. The van der Waals surface area contributed by atoms with Gasteiger partial charge in [-0.1, -0.05) is 0 Å². The molecule has 1 saturated carbocycles. The van der Waals surface area contributed by atoms with Crippen LogP contribution in [0.3, 0.4) is 0 Å². The highest BCUT2D eigenvalue weighted by Gasteiger charge is 2.28. The van der Waals surface area contributed by atoms with Crippen LogP contribution in [0.5, 0.6) is 0 Å². The van der Waals surface area contributed by atoms with Crippen LogP contribution in [0.15, 0.2) is 34.9 Å². The summed E-state index contributed by atoms with van der Waals surface area (Å²) in [6.45, 7) is 0.186. The zero-order valence-electron chi connectivity index (χ0n) is 12.8. The number of nitrogens with zero attached hydrogens (tertiary/aromatic N) is 1. The summed E-state index contributed by atoms with van der Waals surface area (Å²) in [5.41, 5.74) is 7.29. The minimum atomic E-state index is -0.681. The summed E-state index contributed by atoms with van der Waals surface area (Å²) in [6, 6.07) is 6.71. The standard InChI is InChI=1S/C16H19N3O3.ClH/c1-21-9-13(17)15(20)19-12-6-4-10(5-7-12)14-8-18-16(22-14)11-2-3-11;/h4-8,11,13H,2-3,9,17H2,1H3,(H,19,20);1H. The number of amides is 1. The monoisotopic (exact) mass is 337 g/mol. The predicted molar refractivity (Wildman–Crippen MR) is 89.6 cm³/mol. The molecule has 2 aromatic rings. The number of hydrogen-bond donors (Lipinski definition) is 2. The number of halogens is 1. The minimum Gasteiger partial charge on any atom is -0.440 e. The van der Waals surface area contributed by atoms with Crippen LogP contribution in [0, 0.1) is 0 Å². The van der Waals surface area contributed by atoms with Gasteiger partial charge in [0.15, 0.2) is 11.7 Å². The second-order valence-electron chi connectivity index (χ2n) is 5.47. The fraction of sp³-hybridized carbons (Fsp3) is 0.375. The van der Waals surface area contributed by atoms with E-state index in [0.29, 0.717) is 11.6 Å². The van der Waals surface area contributed by atoms with E-state index in [-0.39, 0.29) is 24.9 Å². The van der Waals surface area contributed by atoms with Crippen molar-refractivity contribution in [3.8, 4) is 11.3 Å². The van der Waals surface area contributed by atoms with E-state index < -0.39 is 6.04 Å². The Morgan fingerprint density at radius 3 is 2.74 bits per heavy atom. The van der Waals surface area contributed by atoms with E-state index in [1.165, 1.54) is 7.11 Å². The SMILES string of the molecule is COCC(N)C(=O)Nc1ccc(-c2cnc(C3CC3)o2)cc1.Cl. The smallest absolute Gasteiger partial charge is 0.243 e. The van der Waals surface area contributed by atoms with Gasteiger partial charge in [-0.2, -0.15) is 0 Å². The van der Waals surface area contributed by atoms with E-state index in [1.54, 1.807) is 6.20 Å². The molecule has 1 aliphatic carbocycles. The first-order valence-corrected chi connectivity index (χ1v) is 7.29. The highest BCUT2D eigenvalue weighted by molar-refractivity contribution is 5.94. The zero-order valence-corrected chi connectivity index (χ0v) is 13.6. The molecule has 1 aromatic carbocycles. The first kappa shape index (κ1) is 17.5. The molecule has 23 heavy (non-hydrogen) atoms. The van der Waals surface area contributed by atoms with Gasteiger partial charge in [0.1, 0.15) is 6.04 Å². The fourth-order valence-corrected chi connectivity index (χ4v) is 2.15. The number of carbonyl (C=O) groups is 1. The number of nitrogens with two attached hydrogens (primary N) is 1. The van der Waals surface area contributed by atoms with Gasteiger partial charge < -0.3 is 20.2 Å². The fourth-order valence-electron chi connectivity index (χ4n) is 2.15. The molecule has 1 aromatic heterocycles. The summed E-state index contributed by atoms with van der Waals surface area (Å²) in [5.74, 6) is 1.79. The van der Waals surface area contributed by atoms with Crippen molar-refractivity contribution in [1.29, 1.82) is 0 Å². The van der Waals surface area contributed by atoms with Gasteiger partial charge in [-0.05, 0) is 37.1 Å². The average Bonchev–Trinajstić information content (AvgIpc) is 3.26. The third kappa shape index (κ3) is 4.31. The van der Waals surface area contributed by atoms with Crippen LogP contribution in [0.2, 0.25) is 0 Å².